The van der Waals surface area contributed by atoms with Crippen molar-refractivity contribution in [3.05, 3.63) is 22.4 Å². The summed E-state index contributed by atoms with van der Waals surface area (Å²) in [5.41, 5.74) is 0. The second kappa shape index (κ2) is 8.33. The molecule has 1 fully saturated rings. The van der Waals surface area contributed by atoms with Crippen LogP contribution in [0.3, 0.4) is 0 Å². The lowest BCUT2D eigenvalue weighted by atomic mass is 10.2. The number of thiophene rings is 1. The summed E-state index contributed by atoms with van der Waals surface area (Å²) >= 11 is 1.76. The lowest BCUT2D eigenvalue weighted by molar-refractivity contribution is -0.121. The van der Waals surface area contributed by atoms with Gasteiger partial charge in [-0.2, -0.15) is 0 Å². The first-order valence-corrected chi connectivity index (χ1v) is 8.09. The zero-order chi connectivity index (χ0) is 13.3. The molecule has 0 radical (unpaired) electrons. The molecule has 0 unspecified atom stereocenters. The van der Waals surface area contributed by atoms with Gasteiger partial charge in [-0.15, -0.1) is 11.3 Å². The molecule has 2 rings (SSSR count). The number of carbonyl (C=O) groups excluding carboxylic acids is 1. The first-order chi connectivity index (χ1) is 9.34. The number of hydrogen-bond donors (Lipinski definition) is 1. The summed E-state index contributed by atoms with van der Waals surface area (Å²) in [6.45, 7) is 2.42. The number of ether oxygens (including phenoxy) is 1. The molecule has 0 aromatic carbocycles. The van der Waals surface area contributed by atoms with Crippen molar-refractivity contribution in [2.75, 3.05) is 19.8 Å². The Labute approximate surface area is 119 Å². The highest BCUT2D eigenvalue weighted by Gasteiger charge is 2.20. The fraction of sp³-hybridized carbons (Fsp3) is 0.667. The van der Waals surface area contributed by atoms with Gasteiger partial charge in [-0.05, 0) is 49.5 Å². The van der Waals surface area contributed by atoms with E-state index in [-0.39, 0.29) is 5.91 Å². The lowest BCUT2D eigenvalue weighted by Gasteiger charge is -2.05. The maximum absolute atomic E-state index is 11.6. The smallest absolute Gasteiger partial charge is 0.220 e. The van der Waals surface area contributed by atoms with Gasteiger partial charge in [0.2, 0.25) is 5.91 Å². The van der Waals surface area contributed by atoms with Crippen LogP contribution in [0, 0.1) is 5.92 Å². The minimum absolute atomic E-state index is 0.166. The van der Waals surface area contributed by atoms with Crippen LogP contribution in [0.1, 0.15) is 37.0 Å². The van der Waals surface area contributed by atoms with Crippen molar-refractivity contribution < 1.29 is 9.53 Å². The van der Waals surface area contributed by atoms with E-state index in [1.165, 1.54) is 17.7 Å². The molecule has 1 aromatic heterocycles. The minimum Gasteiger partial charge on any atom is -0.381 e. The Bertz CT molecular complexity index is 360. The highest BCUT2D eigenvalue weighted by atomic mass is 32.1. The number of carbonyl (C=O) groups is 1. The van der Waals surface area contributed by atoms with Gasteiger partial charge in [-0.3, -0.25) is 4.79 Å². The van der Waals surface area contributed by atoms with E-state index in [1.807, 2.05) is 0 Å². The largest absolute Gasteiger partial charge is 0.381 e. The van der Waals surface area contributed by atoms with Crippen LogP contribution in [0.2, 0.25) is 0 Å². The Morgan fingerprint density at radius 1 is 1.42 bits per heavy atom. The fourth-order valence-electron chi connectivity index (χ4n) is 1.90. The second-order valence-corrected chi connectivity index (χ2v) is 6.19. The van der Waals surface area contributed by atoms with Gasteiger partial charge in [0.15, 0.2) is 0 Å². The summed E-state index contributed by atoms with van der Waals surface area (Å²) in [7, 11) is 0. The number of aryl methyl sites for hydroxylation is 1. The molecule has 1 aromatic rings. The molecular formula is C15H23NO2S. The molecule has 1 saturated carbocycles. The quantitative estimate of drug-likeness (QED) is 0.670. The molecule has 0 atom stereocenters. The van der Waals surface area contributed by atoms with Crippen molar-refractivity contribution in [1.29, 1.82) is 0 Å². The summed E-state index contributed by atoms with van der Waals surface area (Å²) in [5.74, 6) is 0.991. The van der Waals surface area contributed by atoms with Gasteiger partial charge in [-0.1, -0.05) is 6.07 Å². The molecule has 0 aliphatic heterocycles. The number of nitrogens with one attached hydrogen (secondary N) is 1. The fourth-order valence-corrected chi connectivity index (χ4v) is 2.65. The third-order valence-electron chi connectivity index (χ3n) is 3.25. The monoisotopic (exact) mass is 281 g/mol. The summed E-state index contributed by atoms with van der Waals surface area (Å²) in [6.07, 6.45) is 6.16. The lowest BCUT2D eigenvalue weighted by Crippen LogP contribution is -2.25. The van der Waals surface area contributed by atoms with E-state index in [4.69, 9.17) is 4.74 Å². The molecule has 1 amide bonds. The van der Waals surface area contributed by atoms with Gasteiger partial charge in [0.05, 0.1) is 0 Å². The maximum Gasteiger partial charge on any atom is 0.220 e. The van der Waals surface area contributed by atoms with Gasteiger partial charge in [0, 0.05) is 31.1 Å². The van der Waals surface area contributed by atoms with E-state index in [0.717, 1.165) is 44.9 Å². The van der Waals surface area contributed by atoms with Crippen molar-refractivity contribution in [2.45, 2.75) is 38.5 Å². The van der Waals surface area contributed by atoms with Crippen molar-refractivity contribution >= 4 is 17.2 Å². The normalized spacial score (nSPS) is 14.5. The van der Waals surface area contributed by atoms with Gasteiger partial charge in [-0.25, -0.2) is 0 Å². The molecule has 0 bridgehead atoms. The van der Waals surface area contributed by atoms with Crippen LogP contribution in [0.4, 0.5) is 0 Å². The van der Waals surface area contributed by atoms with E-state index in [9.17, 15) is 4.79 Å². The van der Waals surface area contributed by atoms with E-state index in [2.05, 4.69) is 22.8 Å². The zero-order valence-electron chi connectivity index (χ0n) is 11.4. The van der Waals surface area contributed by atoms with Crippen LogP contribution in [-0.2, 0) is 16.0 Å². The number of rotatable bonds is 10. The molecule has 1 aliphatic rings. The SMILES string of the molecule is O=C(CCCc1cccs1)NCCCOCC1CC1. The van der Waals surface area contributed by atoms with Gasteiger partial charge < -0.3 is 10.1 Å². The number of amides is 1. The van der Waals surface area contributed by atoms with Crippen LogP contribution < -0.4 is 5.32 Å². The summed E-state index contributed by atoms with van der Waals surface area (Å²) in [6, 6.07) is 4.18. The van der Waals surface area contributed by atoms with Crippen molar-refractivity contribution in [2.24, 2.45) is 5.92 Å². The molecule has 1 aliphatic carbocycles. The molecule has 3 nitrogen and oxygen atoms in total. The third kappa shape index (κ3) is 6.73. The molecule has 1 N–H and O–H groups in total. The average molecular weight is 281 g/mol. The minimum atomic E-state index is 0.166. The van der Waals surface area contributed by atoms with E-state index < -0.39 is 0 Å². The standard InChI is InChI=1S/C15H23NO2S/c17-15(6-1-4-14-5-2-11-19-14)16-9-3-10-18-12-13-7-8-13/h2,5,11,13H,1,3-4,6-10,12H2,(H,16,17). The molecule has 106 valence electrons. The molecule has 4 heteroatoms. The molecule has 0 spiro atoms. The van der Waals surface area contributed by atoms with E-state index in [1.54, 1.807) is 11.3 Å². The van der Waals surface area contributed by atoms with Crippen LogP contribution in [0.25, 0.3) is 0 Å². The summed E-state index contributed by atoms with van der Waals surface area (Å²) < 4.78 is 5.52. The zero-order valence-corrected chi connectivity index (χ0v) is 12.2. The Morgan fingerprint density at radius 3 is 3.05 bits per heavy atom. The highest BCUT2D eigenvalue weighted by Crippen LogP contribution is 2.28. The van der Waals surface area contributed by atoms with E-state index in [0.29, 0.717) is 6.42 Å². The van der Waals surface area contributed by atoms with Crippen LogP contribution in [-0.4, -0.2) is 25.7 Å². The van der Waals surface area contributed by atoms with Gasteiger partial charge >= 0.3 is 0 Å². The maximum atomic E-state index is 11.6. The Kier molecular flexibility index (Phi) is 6.37. The van der Waals surface area contributed by atoms with Gasteiger partial charge in [0.25, 0.3) is 0 Å². The van der Waals surface area contributed by atoms with E-state index >= 15 is 0 Å². The van der Waals surface area contributed by atoms with Crippen molar-refractivity contribution in [3.63, 3.8) is 0 Å². The van der Waals surface area contributed by atoms with Crippen LogP contribution >= 0.6 is 11.3 Å². The molecular weight excluding hydrogens is 258 g/mol. The summed E-state index contributed by atoms with van der Waals surface area (Å²) in [4.78, 5) is 12.9. The number of hydrogen-bond acceptors (Lipinski definition) is 3. The predicted molar refractivity (Wildman–Crippen MR) is 78.4 cm³/mol. The first kappa shape index (κ1) is 14.5. The topological polar surface area (TPSA) is 38.3 Å². The van der Waals surface area contributed by atoms with Crippen molar-refractivity contribution in [3.8, 4) is 0 Å². The Morgan fingerprint density at radius 2 is 2.32 bits per heavy atom. The second-order valence-electron chi connectivity index (χ2n) is 5.15. The first-order valence-electron chi connectivity index (χ1n) is 7.21. The predicted octanol–water partition coefficient (Wildman–Crippen LogP) is 3.00. The molecule has 19 heavy (non-hydrogen) atoms. The molecule has 1 heterocycles. The Balaban J connectivity index is 1.38. The Hall–Kier alpha value is -0.870. The molecule has 0 saturated heterocycles. The van der Waals surface area contributed by atoms with Crippen LogP contribution in [0.5, 0.6) is 0 Å². The van der Waals surface area contributed by atoms with Crippen LogP contribution in [0.15, 0.2) is 17.5 Å². The third-order valence-corrected chi connectivity index (χ3v) is 4.18. The highest BCUT2D eigenvalue weighted by molar-refractivity contribution is 7.09. The van der Waals surface area contributed by atoms with Crippen molar-refractivity contribution in [1.82, 2.24) is 5.32 Å². The average Bonchev–Trinajstić information content (AvgIpc) is 3.08. The summed E-state index contributed by atoms with van der Waals surface area (Å²) in [5, 5.41) is 5.03. The van der Waals surface area contributed by atoms with Gasteiger partial charge in [0.1, 0.15) is 0 Å².